The molecule has 0 bridgehead atoms. The van der Waals surface area contributed by atoms with Crippen molar-refractivity contribution in [2.45, 2.75) is 45.4 Å². The lowest BCUT2D eigenvalue weighted by Gasteiger charge is -2.12. The number of hydrogen-bond donors (Lipinski definition) is 2. The largest absolute Gasteiger partial charge is 0.494 e. The van der Waals surface area contributed by atoms with Gasteiger partial charge in [0.15, 0.2) is 0 Å². The van der Waals surface area contributed by atoms with Crippen LogP contribution >= 0.6 is 0 Å². The van der Waals surface area contributed by atoms with Crippen LogP contribution in [-0.4, -0.2) is 25.0 Å². The third-order valence-corrected chi connectivity index (χ3v) is 5.60. The molecule has 0 saturated heterocycles. The second-order valence-electron chi connectivity index (χ2n) is 8.28. The Morgan fingerprint density at radius 3 is 2.24 bits per heavy atom. The van der Waals surface area contributed by atoms with Gasteiger partial charge in [-0.15, -0.1) is 0 Å². The molecule has 0 aromatic heterocycles. The van der Waals surface area contributed by atoms with Gasteiger partial charge in [-0.25, -0.2) is 0 Å². The molecule has 3 aromatic rings. The van der Waals surface area contributed by atoms with Gasteiger partial charge in [0, 0.05) is 12.1 Å². The predicted octanol–water partition coefficient (Wildman–Crippen LogP) is 6.26. The van der Waals surface area contributed by atoms with Crippen molar-refractivity contribution in [1.29, 1.82) is 0 Å². The van der Waals surface area contributed by atoms with E-state index in [0.29, 0.717) is 30.0 Å². The first kappa shape index (κ1) is 25.0. The molecule has 34 heavy (non-hydrogen) atoms. The van der Waals surface area contributed by atoms with Crippen LogP contribution in [0.25, 0.3) is 0 Å². The maximum atomic E-state index is 12.8. The van der Waals surface area contributed by atoms with Crippen molar-refractivity contribution < 1.29 is 14.3 Å². The average Bonchev–Trinajstić information content (AvgIpc) is 2.87. The summed E-state index contributed by atoms with van der Waals surface area (Å²) in [6, 6.07) is 24.1. The Balaban J connectivity index is 1.51. The molecule has 0 aliphatic rings. The van der Waals surface area contributed by atoms with Crippen molar-refractivity contribution in [3.05, 3.63) is 95.6 Å². The predicted molar refractivity (Wildman–Crippen MR) is 138 cm³/mol. The number of unbranched alkanes of at least 4 members (excludes halogenated alkanes) is 4. The summed E-state index contributed by atoms with van der Waals surface area (Å²) in [5.74, 6) is 0.274. The van der Waals surface area contributed by atoms with Crippen LogP contribution < -0.4 is 15.4 Å². The van der Waals surface area contributed by atoms with Crippen molar-refractivity contribution in [2.75, 3.05) is 18.5 Å². The first-order chi connectivity index (χ1) is 16.7. The summed E-state index contributed by atoms with van der Waals surface area (Å²) < 4.78 is 5.77. The zero-order valence-electron chi connectivity index (χ0n) is 19.9. The highest BCUT2D eigenvalue weighted by Crippen LogP contribution is 2.18. The highest BCUT2D eigenvalue weighted by Gasteiger charge is 2.14. The maximum absolute atomic E-state index is 12.8. The Hall–Kier alpha value is -3.60. The van der Waals surface area contributed by atoms with Gasteiger partial charge >= 0.3 is 0 Å². The molecule has 0 fully saturated rings. The van der Waals surface area contributed by atoms with E-state index < -0.39 is 0 Å². The molecular weight excluding hydrogens is 424 g/mol. The summed E-state index contributed by atoms with van der Waals surface area (Å²) in [6.45, 7) is 3.40. The molecule has 5 nitrogen and oxygen atoms in total. The minimum atomic E-state index is -0.268. The van der Waals surface area contributed by atoms with Gasteiger partial charge < -0.3 is 15.4 Å². The van der Waals surface area contributed by atoms with E-state index in [4.69, 9.17) is 4.74 Å². The summed E-state index contributed by atoms with van der Waals surface area (Å²) in [4.78, 5) is 25.5. The minimum Gasteiger partial charge on any atom is -0.494 e. The first-order valence-electron chi connectivity index (χ1n) is 12.1. The Bertz CT molecular complexity index is 1030. The van der Waals surface area contributed by atoms with Crippen molar-refractivity contribution in [1.82, 2.24) is 5.32 Å². The van der Waals surface area contributed by atoms with Crippen LogP contribution in [0.1, 0.15) is 65.3 Å². The highest BCUT2D eigenvalue weighted by atomic mass is 16.5. The lowest BCUT2D eigenvalue weighted by molar-refractivity contribution is 0.0955. The zero-order chi connectivity index (χ0) is 24.0. The Morgan fingerprint density at radius 2 is 1.47 bits per heavy atom. The van der Waals surface area contributed by atoms with Crippen molar-refractivity contribution in [3.8, 4) is 5.75 Å². The van der Waals surface area contributed by atoms with Gasteiger partial charge in [0.25, 0.3) is 11.8 Å². The molecule has 2 N–H and O–H groups in total. The van der Waals surface area contributed by atoms with E-state index in [2.05, 4.69) is 17.6 Å². The minimum absolute atomic E-state index is 0.213. The van der Waals surface area contributed by atoms with E-state index in [1.54, 1.807) is 36.4 Å². The van der Waals surface area contributed by atoms with Gasteiger partial charge in [-0.2, -0.15) is 0 Å². The molecule has 3 rings (SSSR count). The number of carbonyl (C=O) groups is 2. The van der Waals surface area contributed by atoms with Crippen LogP contribution in [0.15, 0.2) is 78.9 Å². The molecule has 0 radical (unpaired) electrons. The molecule has 2 amide bonds. The molecule has 3 aromatic carbocycles. The standard InChI is InChI=1S/C29H34N2O3/c1-2-3-4-5-11-22-34-25-18-16-24(17-19-25)28(32)31-27-15-10-9-14-26(27)29(33)30-21-20-23-12-7-6-8-13-23/h6-10,12-19H,2-5,11,20-22H2,1H3,(H,30,33)(H,31,32). The third kappa shape index (κ3) is 8.07. The summed E-state index contributed by atoms with van der Waals surface area (Å²) >= 11 is 0. The number of hydrogen-bond acceptors (Lipinski definition) is 3. The number of carbonyl (C=O) groups excluding carboxylic acids is 2. The van der Waals surface area contributed by atoms with E-state index in [9.17, 15) is 9.59 Å². The Kier molecular flexibility index (Phi) is 10.2. The molecular formula is C29H34N2O3. The van der Waals surface area contributed by atoms with Crippen molar-refractivity contribution >= 4 is 17.5 Å². The SMILES string of the molecule is CCCCCCCOc1ccc(C(=O)Nc2ccccc2C(=O)NCCc2ccccc2)cc1. The fourth-order valence-corrected chi connectivity index (χ4v) is 3.64. The number of para-hydroxylation sites is 1. The van der Waals surface area contributed by atoms with Crippen LogP contribution in [0.5, 0.6) is 5.75 Å². The van der Waals surface area contributed by atoms with Gasteiger partial charge in [-0.3, -0.25) is 9.59 Å². The van der Waals surface area contributed by atoms with E-state index in [-0.39, 0.29) is 11.8 Å². The Labute approximate surface area is 202 Å². The van der Waals surface area contributed by atoms with E-state index >= 15 is 0 Å². The number of anilines is 1. The quantitative estimate of drug-likeness (QED) is 0.297. The van der Waals surface area contributed by atoms with Crippen LogP contribution in [0, 0.1) is 0 Å². The third-order valence-electron chi connectivity index (χ3n) is 5.60. The Morgan fingerprint density at radius 1 is 0.765 bits per heavy atom. The molecule has 0 heterocycles. The average molecular weight is 459 g/mol. The molecule has 178 valence electrons. The first-order valence-corrected chi connectivity index (χ1v) is 12.1. The molecule has 0 unspecified atom stereocenters. The normalized spacial score (nSPS) is 10.5. The number of benzene rings is 3. The molecule has 0 saturated carbocycles. The molecule has 0 atom stereocenters. The van der Waals surface area contributed by atoms with Crippen molar-refractivity contribution in [3.63, 3.8) is 0 Å². The number of amides is 2. The second kappa shape index (κ2) is 13.8. The lowest BCUT2D eigenvalue weighted by atomic mass is 10.1. The van der Waals surface area contributed by atoms with Gasteiger partial charge in [0.2, 0.25) is 0 Å². The number of nitrogens with one attached hydrogen (secondary N) is 2. The smallest absolute Gasteiger partial charge is 0.255 e. The van der Waals surface area contributed by atoms with Gasteiger partial charge in [-0.05, 0) is 54.8 Å². The van der Waals surface area contributed by atoms with E-state index in [0.717, 1.165) is 24.2 Å². The molecule has 0 aliphatic heterocycles. The van der Waals surface area contributed by atoms with Crippen LogP contribution in [0.2, 0.25) is 0 Å². The zero-order valence-corrected chi connectivity index (χ0v) is 19.9. The fourth-order valence-electron chi connectivity index (χ4n) is 3.64. The number of ether oxygens (including phenoxy) is 1. The molecule has 0 aliphatic carbocycles. The second-order valence-corrected chi connectivity index (χ2v) is 8.28. The summed E-state index contributed by atoms with van der Waals surface area (Å²) in [5.41, 5.74) is 2.59. The van der Waals surface area contributed by atoms with Crippen molar-refractivity contribution in [2.24, 2.45) is 0 Å². The maximum Gasteiger partial charge on any atom is 0.255 e. The fraction of sp³-hybridized carbons (Fsp3) is 0.310. The summed E-state index contributed by atoms with van der Waals surface area (Å²) in [5, 5.41) is 5.80. The molecule has 0 spiro atoms. The van der Waals surface area contributed by atoms with E-state index in [1.165, 1.54) is 25.7 Å². The topological polar surface area (TPSA) is 67.4 Å². The number of rotatable bonds is 13. The lowest BCUT2D eigenvalue weighted by Crippen LogP contribution is -2.27. The summed E-state index contributed by atoms with van der Waals surface area (Å²) in [6.07, 6.45) is 6.69. The van der Waals surface area contributed by atoms with Crippen LogP contribution in [-0.2, 0) is 6.42 Å². The van der Waals surface area contributed by atoms with Gasteiger partial charge in [0.1, 0.15) is 5.75 Å². The molecule has 5 heteroatoms. The summed E-state index contributed by atoms with van der Waals surface area (Å²) in [7, 11) is 0. The van der Waals surface area contributed by atoms with Gasteiger partial charge in [0.05, 0.1) is 17.9 Å². The van der Waals surface area contributed by atoms with Crippen LogP contribution in [0.4, 0.5) is 5.69 Å². The monoisotopic (exact) mass is 458 g/mol. The highest BCUT2D eigenvalue weighted by molar-refractivity contribution is 6.09. The van der Waals surface area contributed by atoms with Gasteiger partial charge in [-0.1, -0.05) is 75.1 Å². The van der Waals surface area contributed by atoms with E-state index in [1.807, 2.05) is 42.5 Å². The van der Waals surface area contributed by atoms with Crippen LogP contribution in [0.3, 0.4) is 0 Å².